The van der Waals surface area contributed by atoms with Crippen molar-refractivity contribution >= 4 is 17.6 Å². The van der Waals surface area contributed by atoms with E-state index in [4.69, 9.17) is 4.74 Å². The Morgan fingerprint density at radius 2 is 1.62 bits per heavy atom. The Kier molecular flexibility index (Phi) is 6.11. The van der Waals surface area contributed by atoms with Crippen molar-refractivity contribution in [3.63, 3.8) is 0 Å². The van der Waals surface area contributed by atoms with Gasteiger partial charge in [-0.25, -0.2) is 4.79 Å². The Labute approximate surface area is 211 Å². The summed E-state index contributed by atoms with van der Waals surface area (Å²) >= 11 is 0. The number of methoxy groups -OCH3 is 1. The summed E-state index contributed by atoms with van der Waals surface area (Å²) in [6.07, 6.45) is -2.57. The third kappa shape index (κ3) is 4.50. The molecule has 0 fully saturated rings. The first-order valence-corrected chi connectivity index (χ1v) is 11.6. The number of fused-ring (bicyclic) bond motifs is 2. The molecule has 8 heteroatoms. The molecule has 0 radical (unpaired) electrons. The van der Waals surface area contributed by atoms with Gasteiger partial charge in [-0.2, -0.15) is 13.2 Å². The number of esters is 1. The highest BCUT2D eigenvalue weighted by Gasteiger charge is 2.34. The monoisotopic (exact) mass is 504 g/mol. The molecule has 37 heavy (non-hydrogen) atoms. The van der Waals surface area contributed by atoms with Crippen LogP contribution in [-0.2, 0) is 24.0 Å². The molecule has 0 unspecified atom stereocenters. The number of hydrogen-bond donors (Lipinski definition) is 0. The number of aromatic nitrogens is 1. The number of carbonyl (C=O) groups is 2. The molecular formula is C29H23F3N2O3. The van der Waals surface area contributed by atoms with Gasteiger partial charge in [0.1, 0.15) is 0 Å². The minimum Gasteiger partial charge on any atom is -0.465 e. The van der Waals surface area contributed by atoms with Crippen molar-refractivity contribution in [3.05, 3.63) is 113 Å². The van der Waals surface area contributed by atoms with E-state index in [1.54, 1.807) is 54.3 Å². The Balaban J connectivity index is 1.57. The van der Waals surface area contributed by atoms with E-state index in [0.29, 0.717) is 34.5 Å². The van der Waals surface area contributed by atoms with Gasteiger partial charge in [0.05, 0.1) is 30.5 Å². The standard InChI is InChI=1S/C29H23F3N2O3/c1-18-14-19(11-12-23(18)24-7-3-4-8-25(24)29(30,31)32)27(35)34-17-22-6-5-13-33(22)16-21-10-9-20(15-26(21)34)28(36)37-2/h3-15H,16-17H2,1-2H3. The molecule has 188 valence electrons. The van der Waals surface area contributed by atoms with E-state index in [0.717, 1.165) is 17.3 Å². The molecule has 0 N–H and O–H groups in total. The zero-order valence-corrected chi connectivity index (χ0v) is 20.2. The fraction of sp³-hybridized carbons (Fsp3) is 0.172. The Bertz CT molecular complexity index is 1520. The van der Waals surface area contributed by atoms with Crippen LogP contribution in [0.3, 0.4) is 0 Å². The van der Waals surface area contributed by atoms with Crippen LogP contribution >= 0.6 is 0 Å². The molecule has 5 nitrogen and oxygen atoms in total. The second-order valence-corrected chi connectivity index (χ2v) is 8.93. The zero-order chi connectivity index (χ0) is 26.3. The van der Waals surface area contributed by atoms with Gasteiger partial charge in [0.25, 0.3) is 5.91 Å². The molecule has 1 aliphatic rings. The summed E-state index contributed by atoms with van der Waals surface area (Å²) < 4.78 is 47.7. The summed E-state index contributed by atoms with van der Waals surface area (Å²) in [7, 11) is 1.30. The minimum absolute atomic E-state index is 0.0622. The predicted octanol–water partition coefficient (Wildman–Crippen LogP) is 6.48. The maximum absolute atomic E-state index is 13.8. The number of alkyl halides is 3. The summed E-state index contributed by atoms with van der Waals surface area (Å²) in [6.45, 7) is 2.48. The van der Waals surface area contributed by atoms with E-state index in [-0.39, 0.29) is 18.0 Å². The van der Waals surface area contributed by atoms with Gasteiger partial charge in [0, 0.05) is 24.0 Å². The molecule has 0 aliphatic carbocycles. The van der Waals surface area contributed by atoms with Gasteiger partial charge in [-0.1, -0.05) is 30.3 Å². The molecule has 4 aromatic rings. The number of amides is 1. The fourth-order valence-corrected chi connectivity index (χ4v) is 4.77. The number of ether oxygens (including phenoxy) is 1. The summed E-state index contributed by atoms with van der Waals surface area (Å²) in [5.41, 5.74) is 3.29. The van der Waals surface area contributed by atoms with E-state index >= 15 is 0 Å². The lowest BCUT2D eigenvalue weighted by molar-refractivity contribution is -0.137. The third-order valence-corrected chi connectivity index (χ3v) is 6.62. The predicted molar refractivity (Wildman–Crippen MR) is 133 cm³/mol. The van der Waals surface area contributed by atoms with Crippen LogP contribution in [0.25, 0.3) is 11.1 Å². The van der Waals surface area contributed by atoms with Gasteiger partial charge in [-0.05, 0) is 71.6 Å². The molecule has 2 heterocycles. The SMILES string of the molecule is COC(=O)c1ccc2c(c1)N(C(=O)c1ccc(-c3ccccc3C(F)(F)F)c(C)c1)Cc1cccn1C2. The first-order chi connectivity index (χ1) is 17.7. The van der Waals surface area contributed by atoms with E-state index in [9.17, 15) is 22.8 Å². The zero-order valence-electron chi connectivity index (χ0n) is 20.2. The van der Waals surface area contributed by atoms with Gasteiger partial charge in [0.15, 0.2) is 0 Å². The topological polar surface area (TPSA) is 51.5 Å². The van der Waals surface area contributed by atoms with Crippen molar-refractivity contribution in [2.75, 3.05) is 12.0 Å². The van der Waals surface area contributed by atoms with Crippen LogP contribution in [0.2, 0.25) is 0 Å². The van der Waals surface area contributed by atoms with Crippen LogP contribution in [0, 0.1) is 6.92 Å². The highest BCUT2D eigenvalue weighted by atomic mass is 19.4. The molecule has 3 aromatic carbocycles. The van der Waals surface area contributed by atoms with Crippen molar-refractivity contribution in [1.82, 2.24) is 4.57 Å². The molecule has 1 aliphatic heterocycles. The quantitative estimate of drug-likeness (QED) is 0.300. The third-order valence-electron chi connectivity index (χ3n) is 6.62. The maximum Gasteiger partial charge on any atom is 0.417 e. The number of rotatable bonds is 3. The summed E-state index contributed by atoms with van der Waals surface area (Å²) in [6, 6.07) is 19.1. The van der Waals surface area contributed by atoms with Crippen LogP contribution in [0.4, 0.5) is 18.9 Å². The fourth-order valence-electron chi connectivity index (χ4n) is 4.77. The first-order valence-electron chi connectivity index (χ1n) is 11.6. The highest BCUT2D eigenvalue weighted by Crippen LogP contribution is 2.38. The highest BCUT2D eigenvalue weighted by molar-refractivity contribution is 6.07. The average molecular weight is 505 g/mol. The van der Waals surface area contributed by atoms with Crippen LogP contribution in [-0.4, -0.2) is 23.6 Å². The average Bonchev–Trinajstić information content (AvgIpc) is 3.26. The van der Waals surface area contributed by atoms with Crippen LogP contribution < -0.4 is 4.90 Å². The van der Waals surface area contributed by atoms with E-state index in [1.807, 2.05) is 22.9 Å². The van der Waals surface area contributed by atoms with Crippen molar-refractivity contribution in [2.45, 2.75) is 26.2 Å². The molecule has 1 amide bonds. The Morgan fingerprint density at radius 3 is 2.35 bits per heavy atom. The number of benzene rings is 3. The van der Waals surface area contributed by atoms with Gasteiger partial charge in [0.2, 0.25) is 0 Å². The number of nitrogens with zero attached hydrogens (tertiary/aromatic N) is 2. The molecule has 5 rings (SSSR count). The summed E-state index contributed by atoms with van der Waals surface area (Å²) in [5, 5.41) is 0. The van der Waals surface area contributed by atoms with Gasteiger partial charge >= 0.3 is 12.1 Å². The molecule has 0 saturated carbocycles. The van der Waals surface area contributed by atoms with Crippen molar-refractivity contribution < 1.29 is 27.5 Å². The van der Waals surface area contributed by atoms with E-state index in [2.05, 4.69) is 0 Å². The number of aryl methyl sites for hydroxylation is 1. The largest absolute Gasteiger partial charge is 0.465 e. The summed E-state index contributed by atoms with van der Waals surface area (Å²) in [5.74, 6) is -0.834. The molecule has 0 bridgehead atoms. The van der Waals surface area contributed by atoms with Crippen molar-refractivity contribution in [1.29, 1.82) is 0 Å². The second kappa shape index (κ2) is 9.28. The smallest absolute Gasteiger partial charge is 0.417 e. The minimum atomic E-state index is -4.50. The molecular weight excluding hydrogens is 481 g/mol. The molecule has 0 spiro atoms. The number of carbonyl (C=O) groups excluding carboxylic acids is 2. The molecule has 0 atom stereocenters. The van der Waals surface area contributed by atoms with E-state index in [1.165, 1.54) is 19.2 Å². The lowest BCUT2D eigenvalue weighted by atomic mass is 9.94. The van der Waals surface area contributed by atoms with Crippen molar-refractivity contribution in [3.8, 4) is 11.1 Å². The van der Waals surface area contributed by atoms with E-state index < -0.39 is 17.7 Å². The number of anilines is 1. The number of halogens is 3. The van der Waals surface area contributed by atoms with Crippen LogP contribution in [0.15, 0.2) is 79.0 Å². The summed E-state index contributed by atoms with van der Waals surface area (Å²) in [4.78, 5) is 27.6. The lowest BCUT2D eigenvalue weighted by Crippen LogP contribution is -2.31. The molecule has 1 aromatic heterocycles. The van der Waals surface area contributed by atoms with Crippen LogP contribution in [0.5, 0.6) is 0 Å². The van der Waals surface area contributed by atoms with Crippen LogP contribution in [0.1, 0.15) is 43.1 Å². The Morgan fingerprint density at radius 1 is 0.865 bits per heavy atom. The second-order valence-electron chi connectivity index (χ2n) is 8.93. The normalized spacial score (nSPS) is 12.9. The lowest BCUT2D eigenvalue weighted by Gasteiger charge is -2.24. The van der Waals surface area contributed by atoms with Gasteiger partial charge in [-0.15, -0.1) is 0 Å². The maximum atomic E-state index is 13.8. The molecule has 0 saturated heterocycles. The number of hydrogen-bond acceptors (Lipinski definition) is 3. The first kappa shape index (κ1) is 24.4. The Hall–Kier alpha value is -4.33. The van der Waals surface area contributed by atoms with Gasteiger partial charge in [-0.3, -0.25) is 4.79 Å². The van der Waals surface area contributed by atoms with Crippen molar-refractivity contribution in [2.24, 2.45) is 0 Å². The van der Waals surface area contributed by atoms with Gasteiger partial charge < -0.3 is 14.2 Å².